The first-order chi connectivity index (χ1) is 13.5. The first-order valence-electron chi connectivity index (χ1n) is 9.15. The minimum Gasteiger partial charge on any atom is -0.332 e. The fourth-order valence-corrected chi connectivity index (χ4v) is 3.23. The Morgan fingerprint density at radius 2 is 1.96 bits per heavy atom. The average molecular weight is 395 g/mol. The Hall–Kier alpha value is -2.92. The number of pyridine rings is 1. The van der Waals surface area contributed by atoms with Gasteiger partial charge in [-0.05, 0) is 50.6 Å². The van der Waals surface area contributed by atoms with Crippen molar-refractivity contribution in [2.45, 2.75) is 33.4 Å². The summed E-state index contributed by atoms with van der Waals surface area (Å²) in [6, 6.07) is 13.6. The van der Waals surface area contributed by atoms with E-state index in [2.05, 4.69) is 10.1 Å². The van der Waals surface area contributed by atoms with E-state index >= 15 is 0 Å². The molecular formula is C22H23ClN4O. The number of para-hydroxylation sites is 1. The Morgan fingerprint density at radius 1 is 1.21 bits per heavy atom. The van der Waals surface area contributed by atoms with Gasteiger partial charge in [-0.1, -0.05) is 35.9 Å². The van der Waals surface area contributed by atoms with Crippen LogP contribution in [0.3, 0.4) is 0 Å². The summed E-state index contributed by atoms with van der Waals surface area (Å²) in [7, 11) is 0. The van der Waals surface area contributed by atoms with Gasteiger partial charge in [0.2, 0.25) is 5.91 Å². The maximum atomic E-state index is 12.8. The van der Waals surface area contributed by atoms with Crippen molar-refractivity contribution < 1.29 is 4.79 Å². The van der Waals surface area contributed by atoms with Crippen molar-refractivity contribution in [1.82, 2.24) is 19.7 Å². The molecule has 1 amide bonds. The molecule has 144 valence electrons. The highest BCUT2D eigenvalue weighted by Gasteiger charge is 2.17. The molecule has 0 unspecified atom stereocenters. The molecule has 2 aromatic heterocycles. The predicted octanol–water partition coefficient (Wildman–Crippen LogP) is 4.68. The van der Waals surface area contributed by atoms with Crippen LogP contribution in [0.2, 0.25) is 5.15 Å². The average Bonchev–Trinajstić information content (AvgIpc) is 2.99. The van der Waals surface area contributed by atoms with Crippen LogP contribution < -0.4 is 0 Å². The van der Waals surface area contributed by atoms with E-state index in [1.54, 1.807) is 34.1 Å². The molecule has 6 heteroatoms. The van der Waals surface area contributed by atoms with Crippen molar-refractivity contribution in [2.24, 2.45) is 0 Å². The van der Waals surface area contributed by atoms with Gasteiger partial charge >= 0.3 is 0 Å². The summed E-state index contributed by atoms with van der Waals surface area (Å²) < 4.78 is 1.68. The number of benzene rings is 1. The summed E-state index contributed by atoms with van der Waals surface area (Å²) in [5.41, 5.74) is 3.37. The van der Waals surface area contributed by atoms with Crippen molar-refractivity contribution in [3.8, 4) is 5.69 Å². The smallest absolute Gasteiger partial charge is 0.247 e. The molecule has 3 aromatic rings. The van der Waals surface area contributed by atoms with E-state index in [1.807, 2.05) is 63.2 Å². The summed E-state index contributed by atoms with van der Waals surface area (Å²) >= 11 is 6.54. The molecular weight excluding hydrogens is 372 g/mol. The highest BCUT2D eigenvalue weighted by atomic mass is 35.5. The van der Waals surface area contributed by atoms with E-state index < -0.39 is 0 Å². The topological polar surface area (TPSA) is 51.0 Å². The summed E-state index contributed by atoms with van der Waals surface area (Å²) in [5.74, 6) is -0.0817. The van der Waals surface area contributed by atoms with Gasteiger partial charge in [0.05, 0.1) is 11.4 Å². The van der Waals surface area contributed by atoms with E-state index in [1.165, 1.54) is 0 Å². The van der Waals surface area contributed by atoms with Gasteiger partial charge in [-0.3, -0.25) is 9.78 Å². The number of nitrogens with zero attached hydrogens (tertiary/aromatic N) is 4. The predicted molar refractivity (Wildman–Crippen MR) is 112 cm³/mol. The van der Waals surface area contributed by atoms with E-state index in [4.69, 9.17) is 11.6 Å². The number of halogens is 1. The van der Waals surface area contributed by atoms with E-state index in [0.717, 1.165) is 22.5 Å². The molecule has 0 aliphatic rings. The standard InChI is InChI=1S/C22H23ClN4O/c1-16(2)26(15-18-8-7-13-24-14-18)21(28)12-11-20-17(3)25-27(22(20)23)19-9-5-4-6-10-19/h4-14,16H,15H2,1-3H3/b12-11+. The van der Waals surface area contributed by atoms with Crippen LogP contribution in [-0.4, -0.2) is 31.6 Å². The van der Waals surface area contributed by atoms with Crippen LogP contribution in [0.25, 0.3) is 11.8 Å². The van der Waals surface area contributed by atoms with E-state index in [9.17, 15) is 4.79 Å². The van der Waals surface area contributed by atoms with Crippen LogP contribution >= 0.6 is 11.6 Å². The monoisotopic (exact) mass is 394 g/mol. The van der Waals surface area contributed by atoms with Crippen molar-refractivity contribution >= 4 is 23.6 Å². The lowest BCUT2D eigenvalue weighted by atomic mass is 10.2. The van der Waals surface area contributed by atoms with Gasteiger partial charge in [-0.15, -0.1) is 0 Å². The second-order valence-corrected chi connectivity index (χ2v) is 7.15. The van der Waals surface area contributed by atoms with E-state index in [0.29, 0.717) is 11.7 Å². The minimum absolute atomic E-state index is 0.0565. The van der Waals surface area contributed by atoms with Crippen molar-refractivity contribution in [2.75, 3.05) is 0 Å². The van der Waals surface area contributed by atoms with Crippen LogP contribution in [0.15, 0.2) is 60.9 Å². The van der Waals surface area contributed by atoms with Gasteiger partial charge in [0.25, 0.3) is 0 Å². The summed E-state index contributed by atoms with van der Waals surface area (Å²) in [6.07, 6.45) is 6.80. The van der Waals surface area contributed by atoms with Crippen molar-refractivity contribution in [3.63, 3.8) is 0 Å². The fraction of sp³-hybridized carbons (Fsp3) is 0.227. The SMILES string of the molecule is Cc1nn(-c2ccccc2)c(Cl)c1/C=C/C(=O)N(Cc1cccnc1)C(C)C. The molecule has 0 aliphatic heterocycles. The lowest BCUT2D eigenvalue weighted by Crippen LogP contribution is -2.35. The molecule has 0 bridgehead atoms. The molecule has 2 heterocycles. The highest BCUT2D eigenvalue weighted by molar-refractivity contribution is 6.31. The molecule has 0 saturated heterocycles. The highest BCUT2D eigenvalue weighted by Crippen LogP contribution is 2.24. The van der Waals surface area contributed by atoms with Crippen LogP contribution in [0.4, 0.5) is 0 Å². The zero-order valence-corrected chi connectivity index (χ0v) is 17.0. The van der Waals surface area contributed by atoms with Gasteiger partial charge in [0.15, 0.2) is 0 Å². The molecule has 5 nitrogen and oxygen atoms in total. The van der Waals surface area contributed by atoms with Crippen molar-refractivity contribution in [3.05, 3.63) is 82.9 Å². The molecule has 0 atom stereocenters. The number of amides is 1. The molecule has 0 saturated carbocycles. The largest absolute Gasteiger partial charge is 0.332 e. The number of hydrogen-bond donors (Lipinski definition) is 0. The van der Waals surface area contributed by atoms with Crippen LogP contribution in [0, 0.1) is 6.92 Å². The Morgan fingerprint density at radius 3 is 2.61 bits per heavy atom. The Kier molecular flexibility index (Phi) is 6.26. The molecule has 3 rings (SSSR count). The Bertz CT molecular complexity index is 965. The lowest BCUT2D eigenvalue weighted by molar-refractivity contribution is -0.128. The third-order valence-electron chi connectivity index (χ3n) is 4.42. The van der Waals surface area contributed by atoms with Gasteiger partial charge in [-0.25, -0.2) is 4.68 Å². The second-order valence-electron chi connectivity index (χ2n) is 6.79. The second kappa shape index (κ2) is 8.85. The third-order valence-corrected chi connectivity index (χ3v) is 4.79. The van der Waals surface area contributed by atoms with Gasteiger partial charge in [-0.2, -0.15) is 5.10 Å². The first kappa shape index (κ1) is 19.8. The number of rotatable bonds is 6. The van der Waals surface area contributed by atoms with Crippen LogP contribution in [-0.2, 0) is 11.3 Å². The molecule has 0 aliphatic carbocycles. The zero-order valence-electron chi connectivity index (χ0n) is 16.2. The zero-order chi connectivity index (χ0) is 20.1. The first-order valence-corrected chi connectivity index (χ1v) is 9.53. The van der Waals surface area contributed by atoms with Gasteiger partial charge in [0, 0.05) is 36.6 Å². The van der Waals surface area contributed by atoms with Gasteiger partial charge < -0.3 is 4.90 Å². The molecule has 0 radical (unpaired) electrons. The van der Waals surface area contributed by atoms with E-state index in [-0.39, 0.29) is 11.9 Å². The number of hydrogen-bond acceptors (Lipinski definition) is 3. The maximum absolute atomic E-state index is 12.8. The van der Waals surface area contributed by atoms with Gasteiger partial charge in [0.1, 0.15) is 5.15 Å². The van der Waals surface area contributed by atoms with Crippen LogP contribution in [0.1, 0.15) is 30.7 Å². The normalized spacial score (nSPS) is 11.3. The number of carbonyl (C=O) groups is 1. The quantitative estimate of drug-likeness (QED) is 0.570. The summed E-state index contributed by atoms with van der Waals surface area (Å²) in [6.45, 7) is 6.37. The molecule has 0 spiro atoms. The Balaban J connectivity index is 1.82. The summed E-state index contributed by atoms with van der Waals surface area (Å²) in [4.78, 5) is 18.7. The minimum atomic E-state index is -0.0817. The Labute approximate surface area is 170 Å². The number of aryl methyl sites for hydroxylation is 1. The number of aromatic nitrogens is 3. The number of carbonyl (C=O) groups excluding carboxylic acids is 1. The van der Waals surface area contributed by atoms with Crippen LogP contribution in [0.5, 0.6) is 0 Å². The molecule has 1 aromatic carbocycles. The third kappa shape index (κ3) is 4.49. The van der Waals surface area contributed by atoms with Crippen molar-refractivity contribution in [1.29, 1.82) is 0 Å². The maximum Gasteiger partial charge on any atom is 0.247 e. The fourth-order valence-electron chi connectivity index (χ4n) is 2.89. The molecule has 28 heavy (non-hydrogen) atoms. The summed E-state index contributed by atoms with van der Waals surface area (Å²) in [5, 5.41) is 4.99. The molecule has 0 N–H and O–H groups in total. The molecule has 0 fully saturated rings. The lowest BCUT2D eigenvalue weighted by Gasteiger charge is -2.25.